The molecule has 2 aromatic heterocycles. The maximum absolute atomic E-state index is 11.2. The molecular formula is C29H29NO5. The monoisotopic (exact) mass is 471 g/mol. The summed E-state index contributed by atoms with van der Waals surface area (Å²) < 4.78 is 17.8. The van der Waals surface area contributed by atoms with Crippen LogP contribution < -0.4 is 10.5 Å². The summed E-state index contributed by atoms with van der Waals surface area (Å²) in [6.45, 7) is 6.65. The SMILES string of the molecule is CC.Cc1ccc(CC(=O)O)c(OCc2coc3c2cc(-c2cccc(CN)c2)c2occc23)c1. The first-order valence-electron chi connectivity index (χ1n) is 11.7. The number of hydrogen-bond acceptors (Lipinski definition) is 5. The standard InChI is InChI=1S/C27H23NO5.C2H6/c1-16-5-6-19(11-25(29)30)24(9-16)32-14-20-15-33-27-21-7-8-31-26(21)22(12-23(20)27)18-4-2-3-17(10-18)13-28;1-2/h2-10,12,15H,11,13-14,28H2,1H3,(H,29,30);1-2H3. The van der Waals surface area contributed by atoms with Gasteiger partial charge in [-0.3, -0.25) is 4.79 Å². The van der Waals surface area contributed by atoms with E-state index in [0.717, 1.165) is 49.8 Å². The van der Waals surface area contributed by atoms with Crippen molar-refractivity contribution in [3.63, 3.8) is 0 Å². The predicted molar refractivity (Wildman–Crippen MR) is 138 cm³/mol. The van der Waals surface area contributed by atoms with Gasteiger partial charge in [0.05, 0.1) is 24.3 Å². The van der Waals surface area contributed by atoms with Gasteiger partial charge < -0.3 is 24.4 Å². The van der Waals surface area contributed by atoms with Crippen molar-refractivity contribution in [2.24, 2.45) is 5.73 Å². The van der Waals surface area contributed by atoms with E-state index in [-0.39, 0.29) is 13.0 Å². The third kappa shape index (κ3) is 4.93. The van der Waals surface area contributed by atoms with Gasteiger partial charge in [-0.15, -0.1) is 0 Å². The average molecular weight is 472 g/mol. The van der Waals surface area contributed by atoms with E-state index in [0.29, 0.717) is 17.9 Å². The van der Waals surface area contributed by atoms with E-state index in [1.807, 2.05) is 63.2 Å². The van der Waals surface area contributed by atoms with Crippen LogP contribution in [0.25, 0.3) is 33.1 Å². The van der Waals surface area contributed by atoms with Crippen LogP contribution in [0, 0.1) is 6.92 Å². The van der Waals surface area contributed by atoms with Gasteiger partial charge in [0, 0.05) is 28.6 Å². The molecule has 3 N–H and O–H groups in total. The number of rotatable bonds is 7. The molecule has 0 amide bonds. The zero-order valence-electron chi connectivity index (χ0n) is 20.1. The van der Waals surface area contributed by atoms with Crippen LogP contribution in [0.4, 0.5) is 0 Å². The third-order valence-electron chi connectivity index (χ3n) is 5.77. The van der Waals surface area contributed by atoms with Gasteiger partial charge in [-0.2, -0.15) is 0 Å². The number of carbonyl (C=O) groups is 1. The van der Waals surface area contributed by atoms with E-state index in [4.69, 9.17) is 19.3 Å². The van der Waals surface area contributed by atoms with Crippen molar-refractivity contribution in [1.82, 2.24) is 0 Å². The van der Waals surface area contributed by atoms with Crippen LogP contribution in [-0.2, 0) is 24.4 Å². The van der Waals surface area contributed by atoms with Crippen molar-refractivity contribution >= 4 is 27.9 Å². The Morgan fingerprint density at radius 2 is 1.80 bits per heavy atom. The topological polar surface area (TPSA) is 98.8 Å². The van der Waals surface area contributed by atoms with Crippen LogP contribution >= 0.6 is 0 Å². The van der Waals surface area contributed by atoms with Gasteiger partial charge >= 0.3 is 5.97 Å². The molecule has 0 radical (unpaired) electrons. The molecule has 0 atom stereocenters. The largest absolute Gasteiger partial charge is 0.488 e. The van der Waals surface area contributed by atoms with E-state index in [9.17, 15) is 9.90 Å². The summed E-state index contributed by atoms with van der Waals surface area (Å²) in [6, 6.07) is 17.6. The van der Waals surface area contributed by atoms with E-state index in [1.54, 1.807) is 18.6 Å². The molecular weight excluding hydrogens is 442 g/mol. The van der Waals surface area contributed by atoms with Gasteiger partial charge in [0.2, 0.25) is 0 Å². The van der Waals surface area contributed by atoms with Crippen LogP contribution in [0.3, 0.4) is 0 Å². The van der Waals surface area contributed by atoms with Crippen LogP contribution in [0.2, 0.25) is 0 Å². The van der Waals surface area contributed by atoms with E-state index in [2.05, 4.69) is 6.07 Å². The molecule has 6 heteroatoms. The number of furan rings is 2. The van der Waals surface area contributed by atoms with Gasteiger partial charge in [-0.1, -0.05) is 44.2 Å². The highest BCUT2D eigenvalue weighted by Crippen LogP contribution is 2.38. The lowest BCUT2D eigenvalue weighted by atomic mass is 9.98. The van der Waals surface area contributed by atoms with Crippen LogP contribution in [0.5, 0.6) is 5.75 Å². The van der Waals surface area contributed by atoms with Gasteiger partial charge in [0.15, 0.2) is 0 Å². The Bertz CT molecular complexity index is 1480. The zero-order chi connectivity index (χ0) is 24.9. The molecule has 0 spiro atoms. The molecule has 0 aliphatic carbocycles. The fourth-order valence-corrected chi connectivity index (χ4v) is 4.13. The number of ether oxygens (including phenoxy) is 1. The van der Waals surface area contributed by atoms with Gasteiger partial charge in [-0.05, 0) is 47.9 Å². The molecule has 3 aromatic carbocycles. The molecule has 0 unspecified atom stereocenters. The van der Waals surface area contributed by atoms with E-state index < -0.39 is 5.97 Å². The first kappa shape index (κ1) is 24.1. The van der Waals surface area contributed by atoms with Gasteiger partial charge in [0.25, 0.3) is 0 Å². The maximum Gasteiger partial charge on any atom is 0.307 e. The minimum atomic E-state index is -0.899. The number of carboxylic acids is 1. The summed E-state index contributed by atoms with van der Waals surface area (Å²) in [5.74, 6) is -0.337. The van der Waals surface area contributed by atoms with Gasteiger partial charge in [0.1, 0.15) is 23.5 Å². The number of carboxylic acid groups (broad SMARTS) is 1. The molecule has 5 aromatic rings. The number of benzene rings is 3. The molecule has 5 rings (SSSR count). The van der Waals surface area contributed by atoms with Crippen LogP contribution in [0.15, 0.2) is 76.0 Å². The maximum atomic E-state index is 11.2. The number of aryl methyl sites for hydroxylation is 1. The summed E-state index contributed by atoms with van der Waals surface area (Å²) in [7, 11) is 0. The number of aliphatic carboxylic acids is 1. The fraction of sp³-hybridized carbons (Fsp3) is 0.207. The molecule has 35 heavy (non-hydrogen) atoms. The molecule has 0 fully saturated rings. The minimum absolute atomic E-state index is 0.0982. The highest BCUT2D eigenvalue weighted by atomic mass is 16.5. The van der Waals surface area contributed by atoms with Crippen molar-refractivity contribution in [2.75, 3.05) is 0 Å². The van der Waals surface area contributed by atoms with Crippen molar-refractivity contribution in [2.45, 2.75) is 40.3 Å². The molecule has 180 valence electrons. The molecule has 0 aliphatic rings. The van der Waals surface area contributed by atoms with Gasteiger partial charge in [-0.25, -0.2) is 0 Å². The average Bonchev–Trinajstić information content (AvgIpc) is 3.52. The minimum Gasteiger partial charge on any atom is -0.488 e. The lowest BCUT2D eigenvalue weighted by Gasteiger charge is -2.11. The summed E-state index contributed by atoms with van der Waals surface area (Å²) >= 11 is 0. The van der Waals surface area contributed by atoms with Crippen LogP contribution in [0.1, 0.15) is 36.1 Å². The highest BCUT2D eigenvalue weighted by Gasteiger charge is 2.18. The Morgan fingerprint density at radius 3 is 2.57 bits per heavy atom. The molecule has 0 aliphatic heterocycles. The van der Waals surface area contributed by atoms with Crippen molar-refractivity contribution in [3.8, 4) is 16.9 Å². The number of fused-ring (bicyclic) bond motifs is 3. The molecule has 0 saturated carbocycles. The second-order valence-electron chi connectivity index (χ2n) is 8.10. The second kappa shape index (κ2) is 10.5. The fourth-order valence-electron chi connectivity index (χ4n) is 4.13. The summed E-state index contributed by atoms with van der Waals surface area (Å²) in [6.07, 6.45) is 3.24. The quantitative estimate of drug-likeness (QED) is 0.269. The van der Waals surface area contributed by atoms with Crippen molar-refractivity contribution in [1.29, 1.82) is 0 Å². The molecule has 0 bridgehead atoms. The molecule has 0 saturated heterocycles. The Kier molecular flexibility index (Phi) is 7.22. The lowest BCUT2D eigenvalue weighted by molar-refractivity contribution is -0.136. The number of hydrogen-bond donors (Lipinski definition) is 2. The summed E-state index contributed by atoms with van der Waals surface area (Å²) in [5.41, 5.74) is 12.8. The first-order valence-corrected chi connectivity index (χ1v) is 11.7. The Hall–Kier alpha value is -4.03. The first-order chi connectivity index (χ1) is 17.0. The summed E-state index contributed by atoms with van der Waals surface area (Å²) in [4.78, 5) is 11.2. The Labute approximate surface area is 203 Å². The highest BCUT2D eigenvalue weighted by molar-refractivity contribution is 6.10. The Morgan fingerprint density at radius 1 is 0.971 bits per heavy atom. The van der Waals surface area contributed by atoms with E-state index in [1.165, 1.54) is 0 Å². The molecule has 6 nitrogen and oxygen atoms in total. The zero-order valence-corrected chi connectivity index (χ0v) is 20.1. The number of nitrogens with two attached hydrogens (primary N) is 1. The summed E-state index contributed by atoms with van der Waals surface area (Å²) in [5, 5.41) is 11.0. The third-order valence-corrected chi connectivity index (χ3v) is 5.77. The smallest absolute Gasteiger partial charge is 0.307 e. The van der Waals surface area contributed by atoms with Crippen LogP contribution in [-0.4, -0.2) is 11.1 Å². The molecule has 2 heterocycles. The van der Waals surface area contributed by atoms with Crippen molar-refractivity contribution in [3.05, 3.63) is 89.4 Å². The Balaban J connectivity index is 0.00000141. The lowest BCUT2D eigenvalue weighted by Crippen LogP contribution is -2.04. The van der Waals surface area contributed by atoms with Crippen molar-refractivity contribution < 1.29 is 23.5 Å². The predicted octanol–water partition coefficient (Wildman–Crippen LogP) is 6.85. The second-order valence-corrected chi connectivity index (χ2v) is 8.10. The van der Waals surface area contributed by atoms with E-state index >= 15 is 0 Å². The normalized spacial score (nSPS) is 10.9.